The number of nitrogens with zero attached hydrogens (tertiary/aromatic N) is 1. The minimum atomic E-state index is 0. The summed E-state index contributed by atoms with van der Waals surface area (Å²) >= 11 is 0. The van der Waals surface area contributed by atoms with Gasteiger partial charge in [-0.05, 0) is 18.2 Å². The molecule has 3 nitrogen and oxygen atoms in total. The monoisotopic (exact) mass is 175 g/mol. The van der Waals surface area contributed by atoms with E-state index < -0.39 is 0 Å². The van der Waals surface area contributed by atoms with E-state index in [4.69, 9.17) is 4.74 Å². The van der Waals surface area contributed by atoms with Crippen LogP contribution >= 0.6 is 0 Å². The average molecular weight is 175 g/mol. The molecule has 0 aromatic rings. The van der Waals surface area contributed by atoms with E-state index in [1.54, 1.807) is 6.08 Å². The summed E-state index contributed by atoms with van der Waals surface area (Å²) in [7, 11) is 0. The van der Waals surface area contributed by atoms with Crippen LogP contribution in [0, 0.1) is 5.92 Å². The van der Waals surface area contributed by atoms with Gasteiger partial charge in [-0.15, -0.1) is 0 Å². The summed E-state index contributed by atoms with van der Waals surface area (Å²) in [5.41, 5.74) is 0. The summed E-state index contributed by atoms with van der Waals surface area (Å²) < 4.78 is 5.54. The van der Waals surface area contributed by atoms with Gasteiger partial charge in [-0.3, -0.25) is 0 Å². The second kappa shape index (κ2) is 3.96. The third kappa shape index (κ3) is 1.74. The maximum atomic E-state index is 11.4. The predicted molar refractivity (Wildman–Crippen MR) is 42.9 cm³/mol. The van der Waals surface area contributed by atoms with Crippen LogP contribution in [-0.4, -0.2) is 23.8 Å². The van der Waals surface area contributed by atoms with E-state index in [9.17, 15) is 5.11 Å². The van der Waals surface area contributed by atoms with Gasteiger partial charge >= 0.3 is 18.9 Å². The van der Waals surface area contributed by atoms with Crippen molar-refractivity contribution in [3.05, 3.63) is 12.0 Å². The first-order chi connectivity index (χ1) is 5.70. The summed E-state index contributed by atoms with van der Waals surface area (Å²) in [5.74, 6) is 0.543. The van der Waals surface area contributed by atoms with Gasteiger partial charge in [0.05, 0.1) is 12.6 Å². The van der Waals surface area contributed by atoms with Crippen LogP contribution < -0.4 is 24.0 Å². The Kier molecular flexibility index (Phi) is 3.34. The van der Waals surface area contributed by atoms with Crippen molar-refractivity contribution in [1.29, 1.82) is 0 Å². The summed E-state index contributed by atoms with van der Waals surface area (Å²) in [6.07, 6.45) is 2.64. The number of fused-ring (bicyclic) bond motifs is 1. The van der Waals surface area contributed by atoms with Crippen molar-refractivity contribution in [3.63, 3.8) is 0 Å². The zero-order valence-corrected chi connectivity index (χ0v) is 8.49. The fraction of sp³-hybridized carbons (Fsp3) is 0.778. The molecule has 0 amide bonds. The Labute approximate surface area is 90.9 Å². The fourth-order valence-corrected chi connectivity index (χ4v) is 1.92. The molecule has 0 bridgehead atoms. The van der Waals surface area contributed by atoms with Gasteiger partial charge in [0.15, 0.2) is 0 Å². The van der Waals surface area contributed by atoms with E-state index in [-0.39, 0.29) is 31.0 Å². The van der Waals surface area contributed by atoms with Gasteiger partial charge < -0.3 is 14.7 Å². The Morgan fingerprint density at radius 2 is 2.31 bits per heavy atom. The van der Waals surface area contributed by atoms with Crippen LogP contribution in [0.25, 0.3) is 0 Å². The smallest absolute Gasteiger partial charge is 0.860 e. The van der Waals surface area contributed by atoms with E-state index in [0.717, 1.165) is 6.42 Å². The minimum absolute atomic E-state index is 0. The Hall–Kier alpha value is -0.103. The molecule has 68 valence electrons. The predicted octanol–water partition coefficient (Wildman–Crippen LogP) is -2.72. The van der Waals surface area contributed by atoms with Gasteiger partial charge in [-0.25, -0.2) is 0 Å². The van der Waals surface area contributed by atoms with Crippen LogP contribution in [0.15, 0.2) is 12.0 Å². The summed E-state index contributed by atoms with van der Waals surface area (Å²) in [6, 6.07) is 0.324. The molecule has 1 fully saturated rings. The Morgan fingerprint density at radius 1 is 1.62 bits per heavy atom. The molecule has 0 radical (unpaired) electrons. The molecule has 2 rings (SSSR count). The Bertz CT molecular complexity index is 218. The number of ether oxygens (including phenoxy) is 1. The minimum Gasteiger partial charge on any atom is -0.860 e. The second-order valence-electron chi connectivity index (χ2n) is 3.81. The molecular weight excluding hydrogens is 161 g/mol. The largest absolute Gasteiger partial charge is 1.00 e. The molecule has 4 heteroatoms. The molecule has 2 aliphatic heterocycles. The topological polar surface area (TPSA) is 35.5 Å². The first kappa shape index (κ1) is 11.0. The number of hydrogen-bond donors (Lipinski definition) is 0. The van der Waals surface area contributed by atoms with E-state index in [2.05, 4.69) is 13.8 Å². The van der Waals surface area contributed by atoms with Crippen LogP contribution in [0.1, 0.15) is 20.3 Å². The summed E-state index contributed by atoms with van der Waals surface area (Å²) in [4.78, 5) is 1.88. The van der Waals surface area contributed by atoms with Gasteiger partial charge in [0.1, 0.15) is 6.23 Å². The third-order valence-electron chi connectivity index (χ3n) is 2.52. The molecule has 0 N–H and O–H groups in total. The summed E-state index contributed by atoms with van der Waals surface area (Å²) in [5, 5.41) is 11.4. The molecule has 0 spiro atoms. The van der Waals surface area contributed by atoms with Gasteiger partial charge in [-0.1, -0.05) is 19.9 Å². The van der Waals surface area contributed by atoms with Gasteiger partial charge in [0.25, 0.3) is 0 Å². The molecule has 1 saturated heterocycles. The Balaban J connectivity index is 0.000000845. The third-order valence-corrected chi connectivity index (χ3v) is 2.52. The maximum absolute atomic E-state index is 11.4. The quantitative estimate of drug-likeness (QED) is 0.406. The SMILES string of the molecule is CC(C)[C@H]1OC[C@@H]2CC=C([O-])N21.[Li+]. The average Bonchev–Trinajstić information content (AvgIpc) is 2.53. The maximum Gasteiger partial charge on any atom is 1.00 e. The van der Waals surface area contributed by atoms with Gasteiger partial charge in [0, 0.05) is 0 Å². The molecule has 0 aliphatic carbocycles. The van der Waals surface area contributed by atoms with E-state index in [1.807, 2.05) is 4.90 Å². The molecule has 2 atom stereocenters. The van der Waals surface area contributed by atoms with Crippen molar-refractivity contribution >= 4 is 0 Å². The van der Waals surface area contributed by atoms with E-state index in [0.29, 0.717) is 18.6 Å². The number of hydrogen-bond acceptors (Lipinski definition) is 3. The first-order valence-corrected chi connectivity index (χ1v) is 4.47. The molecule has 0 aromatic heterocycles. The Morgan fingerprint density at radius 3 is 2.92 bits per heavy atom. The second-order valence-corrected chi connectivity index (χ2v) is 3.81. The van der Waals surface area contributed by atoms with Crippen molar-refractivity contribution < 1.29 is 28.7 Å². The van der Waals surface area contributed by atoms with Crippen LogP contribution in [-0.2, 0) is 4.74 Å². The molecule has 2 aliphatic rings. The van der Waals surface area contributed by atoms with E-state index in [1.165, 1.54) is 0 Å². The van der Waals surface area contributed by atoms with Crippen molar-refractivity contribution in [3.8, 4) is 0 Å². The van der Waals surface area contributed by atoms with Crippen molar-refractivity contribution in [2.75, 3.05) is 6.61 Å². The van der Waals surface area contributed by atoms with Crippen LogP contribution in [0.4, 0.5) is 0 Å². The van der Waals surface area contributed by atoms with Gasteiger partial charge in [-0.2, -0.15) is 0 Å². The molecule has 0 unspecified atom stereocenters. The molecule has 13 heavy (non-hydrogen) atoms. The van der Waals surface area contributed by atoms with E-state index >= 15 is 0 Å². The van der Waals surface area contributed by atoms with Crippen LogP contribution in [0.2, 0.25) is 0 Å². The molecule has 2 heterocycles. The van der Waals surface area contributed by atoms with Crippen molar-refractivity contribution in [2.24, 2.45) is 5.92 Å². The van der Waals surface area contributed by atoms with Crippen molar-refractivity contribution in [2.45, 2.75) is 32.5 Å². The zero-order chi connectivity index (χ0) is 8.72. The van der Waals surface area contributed by atoms with Gasteiger partial charge in [0.2, 0.25) is 0 Å². The summed E-state index contributed by atoms with van der Waals surface area (Å²) in [6.45, 7) is 4.88. The van der Waals surface area contributed by atoms with Crippen LogP contribution in [0.3, 0.4) is 0 Å². The molecule has 0 saturated carbocycles. The molecular formula is C9H14LiNO2. The standard InChI is InChI=1S/C9H15NO2.Li/c1-6(2)9-10-7(5-12-9)3-4-8(10)11;/h4,6-7,9,11H,3,5H2,1-2H3;/q;+1/p-1/t7-,9+;/m0./s1. The van der Waals surface area contributed by atoms with Crippen LogP contribution in [0.5, 0.6) is 0 Å². The van der Waals surface area contributed by atoms with Crippen molar-refractivity contribution in [1.82, 2.24) is 4.90 Å². The number of rotatable bonds is 1. The normalized spacial score (nSPS) is 31.6. The zero-order valence-electron chi connectivity index (χ0n) is 8.49. The molecule has 0 aromatic carbocycles. The fourth-order valence-electron chi connectivity index (χ4n) is 1.92. The first-order valence-electron chi connectivity index (χ1n) is 4.47.